The van der Waals surface area contributed by atoms with Gasteiger partial charge in [0.25, 0.3) is 0 Å². The summed E-state index contributed by atoms with van der Waals surface area (Å²) in [6.07, 6.45) is -3.51. The van der Waals surface area contributed by atoms with Gasteiger partial charge in [0.1, 0.15) is 24.6 Å². The van der Waals surface area contributed by atoms with Crippen LogP contribution in [0.1, 0.15) is 32.6 Å². The molecule has 19 nitrogen and oxygen atoms in total. The third-order valence-electron chi connectivity index (χ3n) is 6.43. The molecular weight excluding hydrogens is 661 g/mol. The average Bonchev–Trinajstić information content (AvgIpc) is 3.51. The average molecular weight is 699 g/mol. The Kier molecular flexibility index (Phi) is 13.3. The summed E-state index contributed by atoms with van der Waals surface area (Å²) in [5, 5.41) is 24.0. The SMILES string of the molecule is CCN(CC)CC.O=P(O)(O)OP(=O)(O)OP(=O)(O)OC[C@H]1O[C@@H](n2cnc3c(NCc4ccccc4)ncnc32)[C@H](O)[C@@H]1O. The van der Waals surface area contributed by atoms with Gasteiger partial charge in [-0.25, -0.2) is 28.6 Å². The number of aromatic nitrogens is 4. The summed E-state index contributed by atoms with van der Waals surface area (Å²) in [6, 6.07) is 9.47. The van der Waals surface area contributed by atoms with Gasteiger partial charge in [-0.3, -0.25) is 9.09 Å². The molecule has 2 unspecified atom stereocenters. The standard InChI is InChI=1S/C17H22N5O13P3.C6H15N/c23-13-11(7-32-37(28,29)35-38(30,31)34-36(25,26)27)33-17(14(13)24)22-9-21-12-15(19-8-20-16(12)22)18-6-10-4-2-1-3-5-10;1-4-7(5-2)6-3/h1-5,8-9,11,13-14,17,23-24H,6-7H2,(H,28,29)(H,30,31)(H,18,19,20)(H2,25,26,27);4-6H2,1-3H3/t11-,13-,14-,17-;/m1./s1. The van der Waals surface area contributed by atoms with Gasteiger partial charge in [0.2, 0.25) is 0 Å². The van der Waals surface area contributed by atoms with E-state index in [1.807, 2.05) is 30.3 Å². The Labute approximate surface area is 258 Å². The number of imidazole rings is 1. The number of aliphatic hydroxyl groups excluding tert-OH is 2. The number of nitrogens with one attached hydrogen (secondary N) is 1. The lowest BCUT2D eigenvalue weighted by atomic mass is 10.1. The van der Waals surface area contributed by atoms with Crippen molar-refractivity contribution in [3.8, 4) is 0 Å². The molecule has 3 heterocycles. The summed E-state index contributed by atoms with van der Waals surface area (Å²) in [7, 11) is -16.7. The molecule has 1 aliphatic heterocycles. The van der Waals surface area contributed by atoms with Gasteiger partial charge in [0.15, 0.2) is 23.2 Å². The number of phosphoric acid groups is 3. The van der Waals surface area contributed by atoms with Gasteiger partial charge in [0.05, 0.1) is 12.9 Å². The number of hydrogen-bond acceptors (Lipinski definition) is 14. The zero-order valence-electron chi connectivity index (χ0n) is 24.5. The van der Waals surface area contributed by atoms with Gasteiger partial charge in [-0.2, -0.15) is 8.62 Å². The highest BCUT2D eigenvalue weighted by Crippen LogP contribution is 2.66. The first-order valence-corrected chi connectivity index (χ1v) is 18.1. The van der Waals surface area contributed by atoms with Crippen LogP contribution in [0.3, 0.4) is 0 Å². The van der Waals surface area contributed by atoms with Crippen LogP contribution >= 0.6 is 23.5 Å². The minimum Gasteiger partial charge on any atom is -0.387 e. The van der Waals surface area contributed by atoms with Crippen LogP contribution in [-0.4, -0.2) is 98.8 Å². The third kappa shape index (κ3) is 10.9. The molecule has 252 valence electrons. The van der Waals surface area contributed by atoms with E-state index in [1.165, 1.54) is 36.9 Å². The molecule has 22 heteroatoms. The molecule has 7 N–H and O–H groups in total. The highest BCUT2D eigenvalue weighted by Gasteiger charge is 2.47. The molecule has 2 aromatic heterocycles. The van der Waals surface area contributed by atoms with E-state index in [4.69, 9.17) is 14.5 Å². The molecule has 1 fully saturated rings. The molecule has 4 rings (SSSR count). The molecule has 0 amide bonds. The highest BCUT2D eigenvalue weighted by atomic mass is 31.3. The molecule has 1 aliphatic rings. The van der Waals surface area contributed by atoms with Crippen molar-refractivity contribution in [2.45, 2.75) is 51.9 Å². The maximum Gasteiger partial charge on any atom is 0.490 e. The second kappa shape index (κ2) is 16.1. The molecule has 6 atom stereocenters. The van der Waals surface area contributed by atoms with Crippen LogP contribution in [0.4, 0.5) is 5.82 Å². The second-order valence-corrected chi connectivity index (χ2v) is 13.9. The lowest BCUT2D eigenvalue weighted by Gasteiger charge is -2.19. The zero-order chi connectivity index (χ0) is 33.4. The van der Waals surface area contributed by atoms with E-state index >= 15 is 0 Å². The first kappa shape index (κ1) is 37.3. The minimum atomic E-state index is -5.72. The number of ether oxygens (including phenoxy) is 1. The Morgan fingerprint density at radius 3 is 2.13 bits per heavy atom. The summed E-state index contributed by atoms with van der Waals surface area (Å²) in [5.74, 6) is 0.384. The Hall–Kier alpha value is -2.18. The second-order valence-electron chi connectivity index (χ2n) is 9.44. The summed E-state index contributed by atoms with van der Waals surface area (Å²) >= 11 is 0. The van der Waals surface area contributed by atoms with Crippen LogP contribution in [0.2, 0.25) is 0 Å². The van der Waals surface area contributed by atoms with Crippen molar-refractivity contribution in [2.75, 3.05) is 31.6 Å². The molecular formula is C23H37N6O13P3. The summed E-state index contributed by atoms with van der Waals surface area (Å²) < 4.78 is 52.7. The number of hydrogen-bond donors (Lipinski definition) is 7. The van der Waals surface area contributed by atoms with Crippen LogP contribution in [-0.2, 0) is 38.1 Å². The zero-order valence-corrected chi connectivity index (χ0v) is 27.2. The number of nitrogens with zero attached hydrogens (tertiary/aromatic N) is 5. The van der Waals surface area contributed by atoms with Crippen molar-refractivity contribution >= 4 is 40.4 Å². The van der Waals surface area contributed by atoms with Gasteiger partial charge in [-0.05, 0) is 25.2 Å². The maximum atomic E-state index is 12.0. The van der Waals surface area contributed by atoms with E-state index in [1.54, 1.807) is 0 Å². The first-order valence-electron chi connectivity index (χ1n) is 13.6. The van der Waals surface area contributed by atoms with E-state index in [0.29, 0.717) is 17.9 Å². The van der Waals surface area contributed by atoms with Crippen molar-refractivity contribution in [2.24, 2.45) is 0 Å². The Morgan fingerprint density at radius 2 is 1.56 bits per heavy atom. The van der Waals surface area contributed by atoms with Crippen LogP contribution in [0.5, 0.6) is 0 Å². The molecule has 45 heavy (non-hydrogen) atoms. The van der Waals surface area contributed by atoms with E-state index in [2.05, 4.69) is 59.1 Å². The Balaban J connectivity index is 0.000000707. The predicted octanol–water partition coefficient (Wildman–Crippen LogP) is 1.75. The quantitative estimate of drug-likeness (QED) is 0.118. The fourth-order valence-corrected chi connectivity index (χ4v) is 7.22. The molecule has 0 bridgehead atoms. The highest BCUT2D eigenvalue weighted by molar-refractivity contribution is 7.66. The van der Waals surface area contributed by atoms with Gasteiger partial charge in [0, 0.05) is 6.54 Å². The molecule has 0 spiro atoms. The van der Waals surface area contributed by atoms with Gasteiger partial charge in [-0.1, -0.05) is 51.1 Å². The van der Waals surface area contributed by atoms with Crippen molar-refractivity contribution in [1.29, 1.82) is 0 Å². The fraction of sp³-hybridized carbons (Fsp3) is 0.522. The number of anilines is 1. The summed E-state index contributed by atoms with van der Waals surface area (Å²) in [4.78, 5) is 50.9. The topological polar surface area (TPSA) is 268 Å². The minimum absolute atomic E-state index is 0.223. The van der Waals surface area contributed by atoms with Crippen LogP contribution in [0.15, 0.2) is 43.0 Å². The summed E-state index contributed by atoms with van der Waals surface area (Å²) in [5.41, 5.74) is 1.53. The molecule has 0 saturated carbocycles. The van der Waals surface area contributed by atoms with Crippen LogP contribution in [0.25, 0.3) is 11.2 Å². The molecule has 1 saturated heterocycles. The van der Waals surface area contributed by atoms with Gasteiger partial charge >= 0.3 is 23.5 Å². The molecule has 0 radical (unpaired) electrons. The van der Waals surface area contributed by atoms with Crippen molar-refractivity contribution in [3.63, 3.8) is 0 Å². The normalized spacial score (nSPS) is 22.9. The largest absolute Gasteiger partial charge is 0.490 e. The number of rotatable bonds is 14. The van der Waals surface area contributed by atoms with Gasteiger partial charge in [-0.15, -0.1) is 0 Å². The number of phosphoric ester groups is 1. The number of aliphatic hydroxyl groups is 2. The fourth-order valence-electron chi connectivity index (χ4n) is 4.19. The molecule has 3 aromatic rings. The lowest BCUT2D eigenvalue weighted by Crippen LogP contribution is -2.33. The number of fused-ring (bicyclic) bond motifs is 1. The predicted molar refractivity (Wildman–Crippen MR) is 158 cm³/mol. The lowest BCUT2D eigenvalue weighted by molar-refractivity contribution is -0.0503. The number of benzene rings is 1. The van der Waals surface area contributed by atoms with E-state index in [0.717, 1.165) is 5.56 Å². The van der Waals surface area contributed by atoms with E-state index in [9.17, 15) is 33.7 Å². The molecule has 1 aromatic carbocycles. The molecule has 0 aliphatic carbocycles. The van der Waals surface area contributed by atoms with Crippen LogP contribution < -0.4 is 5.32 Å². The van der Waals surface area contributed by atoms with Crippen LogP contribution in [0, 0.1) is 0 Å². The van der Waals surface area contributed by atoms with Crippen molar-refractivity contribution in [3.05, 3.63) is 48.5 Å². The summed E-state index contributed by atoms with van der Waals surface area (Å²) in [6.45, 7) is 9.60. The smallest absolute Gasteiger partial charge is 0.387 e. The monoisotopic (exact) mass is 698 g/mol. The third-order valence-corrected chi connectivity index (χ3v) is 10.2. The van der Waals surface area contributed by atoms with E-state index < -0.39 is 54.6 Å². The van der Waals surface area contributed by atoms with Crippen molar-refractivity contribution in [1.82, 2.24) is 24.4 Å². The Bertz CT molecular complexity index is 1520. The first-order chi connectivity index (χ1) is 21.1. The van der Waals surface area contributed by atoms with E-state index in [-0.39, 0.29) is 5.65 Å². The maximum absolute atomic E-state index is 12.0. The van der Waals surface area contributed by atoms with Gasteiger partial charge < -0.3 is 44.7 Å². The van der Waals surface area contributed by atoms with Crippen molar-refractivity contribution < 1.29 is 61.4 Å². The Morgan fingerprint density at radius 1 is 0.911 bits per heavy atom.